The van der Waals surface area contributed by atoms with E-state index in [-0.39, 0.29) is 28.0 Å². The Labute approximate surface area is 215 Å². The molecule has 1 N–H and O–H groups in total. The lowest BCUT2D eigenvalue weighted by atomic mass is 10.2. The van der Waals surface area contributed by atoms with Crippen molar-refractivity contribution in [2.45, 2.75) is 23.4 Å². The normalized spacial score (nSPS) is 13.3. The molecular weight excluding hydrogens is 571 g/mol. The number of alkyl halides is 5. The largest absolute Gasteiger partial charge is 0.490 e. The summed E-state index contributed by atoms with van der Waals surface area (Å²) in [6.07, 6.45) is -3.53. The van der Waals surface area contributed by atoms with Gasteiger partial charge in [0, 0.05) is 28.7 Å². The van der Waals surface area contributed by atoms with Crippen molar-refractivity contribution in [3.8, 4) is 11.5 Å². The van der Waals surface area contributed by atoms with Crippen LogP contribution in [0.5, 0.6) is 11.5 Å². The van der Waals surface area contributed by atoms with Crippen LogP contribution >= 0.6 is 22.9 Å². The summed E-state index contributed by atoms with van der Waals surface area (Å²) < 4.78 is 93.2. The third-order valence-corrected chi connectivity index (χ3v) is 7.44. The number of carboxylic acid groups (broad SMARTS) is 1. The average molecular weight is 587 g/mol. The number of fused-ring (bicyclic) bond motifs is 1. The molecule has 0 saturated heterocycles. The number of carbonyl (C=O) groups is 1. The summed E-state index contributed by atoms with van der Waals surface area (Å²) in [5, 5.41) is 9.58. The summed E-state index contributed by atoms with van der Waals surface area (Å²) in [6, 6.07) is 8.94. The van der Waals surface area contributed by atoms with E-state index in [0.29, 0.717) is 28.7 Å². The Morgan fingerprint density at radius 1 is 1.22 bits per heavy atom. The zero-order chi connectivity index (χ0) is 27.4. The molecule has 2 heterocycles. The number of halogens is 6. The van der Waals surface area contributed by atoms with Crippen molar-refractivity contribution in [1.82, 2.24) is 4.98 Å². The molecule has 3 aromatic rings. The summed E-state index contributed by atoms with van der Waals surface area (Å²) in [6.45, 7) is -2.42. The number of nitrogens with zero attached hydrogens (tertiary/aromatic N) is 2. The van der Waals surface area contributed by atoms with Crippen LogP contribution in [-0.4, -0.2) is 50.4 Å². The van der Waals surface area contributed by atoms with Crippen molar-refractivity contribution in [1.29, 1.82) is 0 Å². The molecular formula is C21H16ClF5N2O6S2. The number of rotatable bonds is 6. The Morgan fingerprint density at radius 3 is 2.49 bits per heavy atom. The molecule has 1 aliphatic rings. The molecule has 0 unspecified atom stereocenters. The van der Waals surface area contributed by atoms with E-state index in [1.807, 2.05) is 0 Å². The highest BCUT2D eigenvalue weighted by molar-refractivity contribution is 7.90. The van der Waals surface area contributed by atoms with Gasteiger partial charge in [-0.1, -0.05) is 11.6 Å². The van der Waals surface area contributed by atoms with Crippen molar-refractivity contribution >= 4 is 50.1 Å². The van der Waals surface area contributed by atoms with Gasteiger partial charge in [-0.15, -0.1) is 11.3 Å². The molecule has 0 saturated carbocycles. The monoisotopic (exact) mass is 586 g/mol. The molecule has 4 rings (SSSR count). The number of sulfone groups is 1. The van der Waals surface area contributed by atoms with E-state index in [1.54, 1.807) is 34.7 Å². The second-order valence-electron chi connectivity index (χ2n) is 7.11. The van der Waals surface area contributed by atoms with Gasteiger partial charge in [-0.3, -0.25) is 0 Å². The first-order chi connectivity index (χ1) is 17.3. The molecule has 0 amide bonds. The minimum absolute atomic E-state index is 0.0779. The fourth-order valence-corrected chi connectivity index (χ4v) is 5.54. The molecule has 0 spiro atoms. The first kappa shape index (κ1) is 28.4. The predicted octanol–water partition coefficient (Wildman–Crippen LogP) is 5.54. The van der Waals surface area contributed by atoms with Crippen LogP contribution < -0.4 is 14.4 Å². The number of thiazole rings is 1. The standard InChI is InChI=1S/C19H15ClF2N2O4S2.C2HF3O2/c20-12-1-3-15(17(9-12)28-19(21)22)24-6-7-27-16-10-13(2-4-14(16)24)30(25,26)11-18-23-5-8-29-18;3-2(4,5)1(6)7/h1-5,8-10,19H,6-7,11H2;(H,6,7). The lowest BCUT2D eigenvalue weighted by Gasteiger charge is -2.32. The van der Waals surface area contributed by atoms with Crippen LogP contribution in [0.25, 0.3) is 0 Å². The van der Waals surface area contributed by atoms with Gasteiger partial charge in [-0.25, -0.2) is 18.2 Å². The smallest absolute Gasteiger partial charge is 0.489 e. The highest BCUT2D eigenvalue weighted by atomic mass is 35.5. The zero-order valence-electron chi connectivity index (χ0n) is 18.3. The Morgan fingerprint density at radius 2 is 1.89 bits per heavy atom. The molecule has 8 nitrogen and oxygen atoms in total. The summed E-state index contributed by atoms with van der Waals surface area (Å²) in [5.74, 6) is -2.71. The molecule has 16 heteroatoms. The molecule has 37 heavy (non-hydrogen) atoms. The quantitative estimate of drug-likeness (QED) is 0.376. The predicted molar refractivity (Wildman–Crippen MR) is 124 cm³/mol. The van der Waals surface area contributed by atoms with Crippen molar-refractivity contribution in [2.75, 3.05) is 18.1 Å². The first-order valence-electron chi connectivity index (χ1n) is 9.98. The van der Waals surface area contributed by atoms with E-state index < -0.39 is 28.6 Å². The van der Waals surface area contributed by atoms with E-state index in [2.05, 4.69) is 9.72 Å². The van der Waals surface area contributed by atoms with Gasteiger partial charge in [0.05, 0.1) is 22.8 Å². The Kier molecular flexibility index (Phi) is 8.81. The third kappa shape index (κ3) is 7.42. The summed E-state index contributed by atoms with van der Waals surface area (Å²) >= 11 is 7.19. The van der Waals surface area contributed by atoms with Crippen LogP contribution in [0.15, 0.2) is 52.9 Å². The van der Waals surface area contributed by atoms with Crippen molar-refractivity contribution in [3.63, 3.8) is 0 Å². The SMILES string of the molecule is O=C(O)C(F)(F)F.O=S(=O)(Cc1nccs1)c1ccc2c(c1)OCCN2c1ccc(Cl)cc1OC(F)F. The number of anilines is 2. The highest BCUT2D eigenvalue weighted by Gasteiger charge is 2.38. The molecule has 0 fully saturated rings. The van der Waals surface area contributed by atoms with Gasteiger partial charge in [0.15, 0.2) is 15.6 Å². The Balaban J connectivity index is 0.000000479. The van der Waals surface area contributed by atoms with Crippen molar-refractivity contribution < 1.29 is 49.7 Å². The fourth-order valence-electron chi connectivity index (χ4n) is 3.12. The molecule has 0 atom stereocenters. The molecule has 0 radical (unpaired) electrons. The van der Waals surface area contributed by atoms with E-state index in [1.165, 1.54) is 29.5 Å². The number of hydrogen-bond donors (Lipinski definition) is 1. The molecule has 0 bridgehead atoms. The number of hydrogen-bond acceptors (Lipinski definition) is 8. The number of aliphatic carboxylic acids is 1. The van der Waals surface area contributed by atoms with Crippen LogP contribution in [0.2, 0.25) is 5.02 Å². The Bertz CT molecular complexity index is 1350. The van der Waals surface area contributed by atoms with Crippen LogP contribution in [-0.2, 0) is 20.4 Å². The maximum absolute atomic E-state index is 12.9. The van der Waals surface area contributed by atoms with Crippen LogP contribution in [0.3, 0.4) is 0 Å². The zero-order valence-corrected chi connectivity index (χ0v) is 20.7. The van der Waals surface area contributed by atoms with Gasteiger partial charge in [0.1, 0.15) is 23.1 Å². The fraction of sp³-hybridized carbons (Fsp3) is 0.238. The third-order valence-electron chi connectivity index (χ3n) is 4.62. The highest BCUT2D eigenvalue weighted by Crippen LogP contribution is 2.43. The topological polar surface area (TPSA) is 106 Å². The lowest BCUT2D eigenvalue weighted by Crippen LogP contribution is -2.29. The minimum Gasteiger partial charge on any atom is -0.489 e. The summed E-state index contributed by atoms with van der Waals surface area (Å²) in [7, 11) is -3.62. The number of aromatic nitrogens is 1. The van der Waals surface area contributed by atoms with Gasteiger partial charge in [-0.05, 0) is 24.3 Å². The number of carboxylic acids is 1. The van der Waals surface area contributed by atoms with Gasteiger partial charge in [0.2, 0.25) is 0 Å². The maximum atomic E-state index is 12.9. The maximum Gasteiger partial charge on any atom is 0.490 e. The van der Waals surface area contributed by atoms with E-state index >= 15 is 0 Å². The second-order valence-corrected chi connectivity index (χ2v) is 10.5. The van der Waals surface area contributed by atoms with Crippen molar-refractivity contribution in [2.24, 2.45) is 0 Å². The second kappa shape index (κ2) is 11.5. The van der Waals surface area contributed by atoms with E-state index in [4.69, 9.17) is 26.2 Å². The van der Waals surface area contributed by atoms with Crippen molar-refractivity contribution in [3.05, 3.63) is 58.0 Å². The lowest BCUT2D eigenvalue weighted by molar-refractivity contribution is -0.192. The summed E-state index contributed by atoms with van der Waals surface area (Å²) in [5.41, 5.74) is 0.915. The van der Waals surface area contributed by atoms with Gasteiger partial charge in [0.25, 0.3) is 0 Å². The van der Waals surface area contributed by atoms with Gasteiger partial charge in [-0.2, -0.15) is 22.0 Å². The first-order valence-corrected chi connectivity index (χ1v) is 12.9. The molecule has 200 valence electrons. The van der Waals surface area contributed by atoms with E-state index in [9.17, 15) is 30.4 Å². The molecule has 1 aliphatic heterocycles. The van der Waals surface area contributed by atoms with Gasteiger partial charge < -0.3 is 19.5 Å². The number of benzene rings is 2. The Hall–Kier alpha value is -3.17. The molecule has 0 aliphatic carbocycles. The van der Waals surface area contributed by atoms with Crippen LogP contribution in [0.4, 0.5) is 33.3 Å². The molecule has 2 aromatic carbocycles. The average Bonchev–Trinajstić information content (AvgIpc) is 3.30. The molecule has 1 aromatic heterocycles. The minimum atomic E-state index is -5.08. The van der Waals surface area contributed by atoms with Crippen LogP contribution in [0, 0.1) is 0 Å². The summed E-state index contributed by atoms with van der Waals surface area (Å²) in [4.78, 5) is 14.7. The van der Waals surface area contributed by atoms with E-state index in [0.717, 1.165) is 0 Å². The van der Waals surface area contributed by atoms with Gasteiger partial charge >= 0.3 is 18.8 Å². The van der Waals surface area contributed by atoms with Crippen LogP contribution in [0.1, 0.15) is 5.01 Å². The number of ether oxygens (including phenoxy) is 2.